The number of amides is 2. The van der Waals surface area contributed by atoms with Crippen LogP contribution in [-0.4, -0.2) is 72.8 Å². The van der Waals surface area contributed by atoms with Gasteiger partial charge in [0.2, 0.25) is 21.8 Å². The minimum atomic E-state index is -4.06. The molecular formula is C24H27BrClN3O5S. The molecule has 0 bridgehead atoms. The van der Waals surface area contributed by atoms with Gasteiger partial charge in [-0.15, -0.1) is 0 Å². The SMILES string of the molecule is COc1ccc(Br)cc1S(=O)(=O)N1CCC(=O)N2C(Cc3ccc(Cl)cc3)C(=O)N(C(C)C)CC21. The predicted octanol–water partition coefficient (Wildman–Crippen LogP) is 3.52. The normalized spacial score (nSPS) is 21.4. The largest absolute Gasteiger partial charge is 0.495 e. The van der Waals surface area contributed by atoms with Gasteiger partial charge in [0, 0.05) is 34.9 Å². The zero-order valence-electron chi connectivity index (χ0n) is 19.6. The molecule has 2 aliphatic rings. The Morgan fingerprint density at radius 1 is 1.14 bits per heavy atom. The Balaban J connectivity index is 1.78. The lowest BCUT2D eigenvalue weighted by molar-refractivity contribution is -0.166. The summed E-state index contributed by atoms with van der Waals surface area (Å²) in [5, 5.41) is 0.569. The van der Waals surface area contributed by atoms with Gasteiger partial charge in [-0.3, -0.25) is 9.59 Å². The van der Waals surface area contributed by atoms with Gasteiger partial charge in [0.05, 0.1) is 13.7 Å². The lowest BCUT2D eigenvalue weighted by atomic mass is 9.97. The van der Waals surface area contributed by atoms with Gasteiger partial charge in [0.25, 0.3) is 0 Å². The van der Waals surface area contributed by atoms with Crippen molar-refractivity contribution in [1.29, 1.82) is 0 Å². The average Bonchev–Trinajstić information content (AvgIpc) is 2.81. The summed E-state index contributed by atoms with van der Waals surface area (Å²) < 4.78 is 35.1. The molecular weight excluding hydrogens is 558 g/mol. The van der Waals surface area contributed by atoms with Gasteiger partial charge in [-0.05, 0) is 49.7 Å². The third kappa shape index (κ3) is 4.94. The molecule has 2 unspecified atom stereocenters. The summed E-state index contributed by atoms with van der Waals surface area (Å²) in [6.45, 7) is 3.88. The second-order valence-corrected chi connectivity index (χ2v) is 12.1. The number of methoxy groups -OCH3 is 1. The van der Waals surface area contributed by atoms with Crippen LogP contribution in [0.25, 0.3) is 0 Å². The number of ether oxygens (including phenoxy) is 1. The quantitative estimate of drug-likeness (QED) is 0.519. The zero-order valence-corrected chi connectivity index (χ0v) is 22.8. The second-order valence-electron chi connectivity index (χ2n) is 8.87. The van der Waals surface area contributed by atoms with E-state index < -0.39 is 22.2 Å². The van der Waals surface area contributed by atoms with Crippen molar-refractivity contribution < 1.29 is 22.7 Å². The number of carbonyl (C=O) groups is 2. The number of benzene rings is 2. The summed E-state index contributed by atoms with van der Waals surface area (Å²) in [7, 11) is -2.65. The van der Waals surface area contributed by atoms with Crippen molar-refractivity contribution >= 4 is 49.4 Å². The Kier molecular flexibility index (Phi) is 7.47. The molecule has 2 atom stereocenters. The highest BCUT2D eigenvalue weighted by molar-refractivity contribution is 9.10. The molecule has 2 aliphatic heterocycles. The van der Waals surface area contributed by atoms with E-state index in [1.165, 1.54) is 22.4 Å². The second kappa shape index (κ2) is 10.1. The van der Waals surface area contributed by atoms with E-state index in [4.69, 9.17) is 16.3 Å². The van der Waals surface area contributed by atoms with Crippen LogP contribution in [0.3, 0.4) is 0 Å². The molecule has 2 aromatic carbocycles. The maximum absolute atomic E-state index is 13.9. The first-order valence-corrected chi connectivity index (χ1v) is 13.9. The maximum atomic E-state index is 13.9. The summed E-state index contributed by atoms with van der Waals surface area (Å²) in [6.07, 6.45) is -0.587. The Bertz CT molecular complexity index is 1240. The first kappa shape index (κ1) is 25.9. The number of carbonyl (C=O) groups excluding carboxylic acids is 2. The smallest absolute Gasteiger partial charge is 0.248 e. The molecule has 0 spiro atoms. The summed E-state index contributed by atoms with van der Waals surface area (Å²) in [5.74, 6) is -0.223. The van der Waals surface area contributed by atoms with Gasteiger partial charge < -0.3 is 14.5 Å². The number of rotatable bonds is 6. The number of sulfonamides is 1. The molecule has 2 amide bonds. The van der Waals surface area contributed by atoms with Crippen molar-refractivity contribution in [3.63, 3.8) is 0 Å². The summed E-state index contributed by atoms with van der Waals surface area (Å²) >= 11 is 9.36. The number of nitrogens with zero attached hydrogens (tertiary/aromatic N) is 3. The third-order valence-electron chi connectivity index (χ3n) is 6.43. The van der Waals surface area contributed by atoms with E-state index in [1.54, 1.807) is 29.2 Å². The topological polar surface area (TPSA) is 87.2 Å². The van der Waals surface area contributed by atoms with Crippen LogP contribution in [0, 0.1) is 0 Å². The highest BCUT2D eigenvalue weighted by atomic mass is 79.9. The van der Waals surface area contributed by atoms with Crippen LogP contribution in [0.2, 0.25) is 5.02 Å². The average molecular weight is 585 g/mol. The van der Waals surface area contributed by atoms with Crippen LogP contribution < -0.4 is 4.74 Å². The zero-order chi connectivity index (χ0) is 25.5. The first-order chi connectivity index (χ1) is 16.5. The highest BCUT2D eigenvalue weighted by Gasteiger charge is 2.51. The van der Waals surface area contributed by atoms with E-state index in [0.29, 0.717) is 9.50 Å². The molecule has 188 valence electrons. The lowest BCUT2D eigenvalue weighted by Gasteiger charge is -2.52. The van der Waals surface area contributed by atoms with E-state index in [0.717, 1.165) is 5.56 Å². The minimum absolute atomic E-state index is 0.00548. The predicted molar refractivity (Wildman–Crippen MR) is 136 cm³/mol. The standard InChI is InChI=1S/C24H27BrClN3O5S/c1-15(2)27-14-22-28(35(32,33)21-13-17(25)6-9-20(21)34-3)11-10-23(30)29(22)19(24(27)31)12-16-4-7-18(26)8-5-16/h4-9,13,15,19,22H,10-12,14H2,1-3H3. The van der Waals surface area contributed by atoms with Crippen molar-refractivity contribution in [2.24, 2.45) is 0 Å². The molecule has 2 saturated heterocycles. The van der Waals surface area contributed by atoms with Crippen molar-refractivity contribution in [1.82, 2.24) is 14.1 Å². The van der Waals surface area contributed by atoms with Crippen molar-refractivity contribution in [2.45, 2.75) is 49.8 Å². The van der Waals surface area contributed by atoms with Crippen LogP contribution in [-0.2, 0) is 26.0 Å². The van der Waals surface area contributed by atoms with Gasteiger partial charge in [-0.25, -0.2) is 8.42 Å². The lowest BCUT2D eigenvalue weighted by Crippen LogP contribution is -2.72. The Morgan fingerprint density at radius 3 is 2.46 bits per heavy atom. The highest BCUT2D eigenvalue weighted by Crippen LogP contribution is 2.36. The van der Waals surface area contributed by atoms with Crippen LogP contribution in [0.15, 0.2) is 51.8 Å². The molecule has 0 aliphatic carbocycles. The number of piperazine rings is 1. The minimum Gasteiger partial charge on any atom is -0.495 e. The van der Waals surface area contributed by atoms with E-state index in [2.05, 4.69) is 15.9 Å². The van der Waals surface area contributed by atoms with Crippen molar-refractivity contribution in [3.8, 4) is 5.75 Å². The fraction of sp³-hybridized carbons (Fsp3) is 0.417. The van der Waals surface area contributed by atoms with Crippen LogP contribution in [0.1, 0.15) is 25.8 Å². The Labute approximate surface area is 219 Å². The molecule has 0 radical (unpaired) electrons. The molecule has 4 rings (SSSR count). The van der Waals surface area contributed by atoms with E-state index in [1.807, 2.05) is 26.0 Å². The summed E-state index contributed by atoms with van der Waals surface area (Å²) in [5.41, 5.74) is 0.832. The van der Waals surface area contributed by atoms with Crippen LogP contribution in [0.4, 0.5) is 0 Å². The molecule has 2 fully saturated rings. The first-order valence-electron chi connectivity index (χ1n) is 11.3. The van der Waals surface area contributed by atoms with Gasteiger partial charge in [-0.2, -0.15) is 4.31 Å². The van der Waals surface area contributed by atoms with E-state index in [-0.39, 0.29) is 54.4 Å². The van der Waals surface area contributed by atoms with Gasteiger partial charge in [-0.1, -0.05) is 39.7 Å². The van der Waals surface area contributed by atoms with Gasteiger partial charge in [0.1, 0.15) is 22.9 Å². The fourth-order valence-corrected chi connectivity index (χ4v) is 7.07. The molecule has 0 saturated carbocycles. The van der Waals surface area contributed by atoms with Crippen molar-refractivity contribution in [3.05, 3.63) is 57.5 Å². The van der Waals surface area contributed by atoms with E-state index in [9.17, 15) is 18.0 Å². The summed E-state index contributed by atoms with van der Waals surface area (Å²) in [6, 6.07) is 10.9. The molecule has 2 heterocycles. The molecule has 11 heteroatoms. The van der Waals surface area contributed by atoms with Crippen LogP contribution >= 0.6 is 27.5 Å². The summed E-state index contributed by atoms with van der Waals surface area (Å²) in [4.78, 5) is 29.8. The molecule has 2 aromatic rings. The van der Waals surface area contributed by atoms with Gasteiger partial charge >= 0.3 is 0 Å². The van der Waals surface area contributed by atoms with Gasteiger partial charge in [0.15, 0.2) is 0 Å². The number of fused-ring (bicyclic) bond motifs is 1. The molecule has 35 heavy (non-hydrogen) atoms. The molecule has 8 nitrogen and oxygen atoms in total. The Morgan fingerprint density at radius 2 is 1.83 bits per heavy atom. The van der Waals surface area contributed by atoms with Crippen molar-refractivity contribution in [2.75, 3.05) is 20.2 Å². The fourth-order valence-electron chi connectivity index (χ4n) is 4.68. The van der Waals surface area contributed by atoms with E-state index >= 15 is 0 Å². The monoisotopic (exact) mass is 583 g/mol. The number of hydrogen-bond acceptors (Lipinski definition) is 5. The Hall–Kier alpha value is -2.14. The third-order valence-corrected chi connectivity index (χ3v) is 9.09. The molecule has 0 aromatic heterocycles. The van der Waals surface area contributed by atoms with Crippen LogP contribution in [0.5, 0.6) is 5.75 Å². The molecule has 0 N–H and O–H groups in total. The number of halogens is 2. The number of hydrogen-bond donors (Lipinski definition) is 0. The maximum Gasteiger partial charge on any atom is 0.248 e.